The number of piperidine rings is 1. The van der Waals surface area contributed by atoms with Gasteiger partial charge >= 0.3 is 0 Å². The van der Waals surface area contributed by atoms with Gasteiger partial charge in [0.2, 0.25) is 15.8 Å². The molecule has 3 rings (SSSR count). The van der Waals surface area contributed by atoms with E-state index in [2.05, 4.69) is 20.6 Å². The summed E-state index contributed by atoms with van der Waals surface area (Å²) in [7, 11) is -8.30. The highest BCUT2D eigenvalue weighted by atomic mass is 32.2. The van der Waals surface area contributed by atoms with Crippen LogP contribution in [0.3, 0.4) is 0 Å². The van der Waals surface area contributed by atoms with Crippen LogP contribution in [0.25, 0.3) is 11.4 Å². The molecule has 0 radical (unpaired) electrons. The monoisotopic (exact) mass is 416 g/mol. The van der Waals surface area contributed by atoms with Crippen LogP contribution in [0.4, 0.5) is 5.69 Å². The van der Waals surface area contributed by atoms with Crippen LogP contribution < -0.4 is 10.0 Å². The predicted octanol–water partition coefficient (Wildman–Crippen LogP) is -0.874. The van der Waals surface area contributed by atoms with Gasteiger partial charge in [0.1, 0.15) is 4.90 Å². The molecule has 1 aromatic carbocycles. The fourth-order valence-corrected chi connectivity index (χ4v) is 5.62. The second-order valence-electron chi connectivity index (χ2n) is 6.45. The second kappa shape index (κ2) is 7.14. The number of nitrogens with zero attached hydrogens (tertiary/aromatic N) is 4. The zero-order valence-electron chi connectivity index (χ0n) is 14.5. The van der Waals surface area contributed by atoms with Crippen molar-refractivity contribution in [2.24, 2.45) is 11.1 Å². The molecule has 2 heterocycles. The van der Waals surface area contributed by atoms with E-state index in [-0.39, 0.29) is 23.9 Å². The summed E-state index contributed by atoms with van der Waals surface area (Å²) < 4.78 is 49.0. The standard InChI is InChI=1S/C14H20N6O5S2/c1-26(22,23)11-3-2-10(20-6-4-9(8-21)5-7-20)12(13(11)27(15,24)25)14-16-18-19-17-14/h2-3,9,21H,4-8H2,1H3,(H2,15,24,25)(H,16,17,18,19). The number of sulfone groups is 1. The van der Waals surface area contributed by atoms with Crippen LogP contribution in [0, 0.1) is 5.92 Å². The molecule has 13 heteroatoms. The number of tetrazole rings is 1. The Morgan fingerprint density at radius 3 is 2.41 bits per heavy atom. The average Bonchev–Trinajstić information content (AvgIpc) is 3.13. The second-order valence-corrected chi connectivity index (χ2v) is 9.93. The summed E-state index contributed by atoms with van der Waals surface area (Å²) in [4.78, 5) is 0.936. The van der Waals surface area contributed by atoms with Gasteiger partial charge in [-0.2, -0.15) is 5.21 Å². The van der Waals surface area contributed by atoms with Crippen LogP contribution in [-0.2, 0) is 19.9 Å². The Labute approximate surface area is 156 Å². The molecular weight excluding hydrogens is 396 g/mol. The van der Waals surface area contributed by atoms with Gasteiger partial charge in [-0.1, -0.05) is 0 Å². The summed E-state index contributed by atoms with van der Waals surface area (Å²) in [6.07, 6.45) is 2.32. The van der Waals surface area contributed by atoms with Crippen molar-refractivity contribution in [1.82, 2.24) is 20.6 Å². The van der Waals surface area contributed by atoms with E-state index in [1.807, 2.05) is 4.90 Å². The van der Waals surface area contributed by atoms with E-state index < -0.39 is 29.7 Å². The number of nitrogens with one attached hydrogen (secondary N) is 1. The maximum atomic E-state index is 12.3. The van der Waals surface area contributed by atoms with Crippen LogP contribution in [0.1, 0.15) is 12.8 Å². The van der Waals surface area contributed by atoms with Crippen LogP contribution in [0.5, 0.6) is 0 Å². The third-order valence-corrected chi connectivity index (χ3v) is 6.83. The lowest BCUT2D eigenvalue weighted by atomic mass is 9.97. The number of primary sulfonamides is 1. The molecule has 1 saturated heterocycles. The van der Waals surface area contributed by atoms with Gasteiger partial charge in [0.25, 0.3) is 0 Å². The van der Waals surface area contributed by atoms with Gasteiger partial charge in [-0.3, -0.25) is 0 Å². The molecular formula is C14H20N6O5S2. The summed E-state index contributed by atoms with van der Waals surface area (Å²) in [5, 5.41) is 28.1. The number of aromatic amines is 1. The van der Waals surface area contributed by atoms with Gasteiger partial charge in [0, 0.05) is 31.6 Å². The van der Waals surface area contributed by atoms with Crippen LogP contribution in [0.15, 0.2) is 21.9 Å². The number of hydrogen-bond acceptors (Lipinski definition) is 9. The van der Waals surface area contributed by atoms with Crippen molar-refractivity contribution in [3.05, 3.63) is 12.1 Å². The van der Waals surface area contributed by atoms with Gasteiger partial charge in [0.05, 0.1) is 10.5 Å². The Morgan fingerprint density at radius 2 is 1.93 bits per heavy atom. The quantitative estimate of drug-likeness (QED) is 0.560. The van der Waals surface area contributed by atoms with E-state index in [0.717, 1.165) is 6.26 Å². The highest BCUT2D eigenvalue weighted by Crippen LogP contribution is 2.39. The van der Waals surface area contributed by atoms with Gasteiger partial charge in [-0.15, -0.1) is 10.2 Å². The molecule has 11 nitrogen and oxygen atoms in total. The number of sulfonamides is 1. The van der Waals surface area contributed by atoms with Crippen LogP contribution >= 0.6 is 0 Å². The largest absolute Gasteiger partial charge is 0.396 e. The number of hydrogen-bond donors (Lipinski definition) is 3. The van der Waals surface area contributed by atoms with Gasteiger partial charge in [-0.05, 0) is 36.1 Å². The molecule has 0 aliphatic carbocycles. The number of benzene rings is 1. The molecule has 148 valence electrons. The zero-order chi connectivity index (χ0) is 19.8. The Morgan fingerprint density at radius 1 is 1.26 bits per heavy atom. The molecule has 0 bridgehead atoms. The van der Waals surface area contributed by atoms with Crippen molar-refractivity contribution in [3.63, 3.8) is 0 Å². The Balaban J connectivity index is 2.27. The maximum Gasteiger partial charge on any atom is 0.240 e. The molecule has 4 N–H and O–H groups in total. The minimum Gasteiger partial charge on any atom is -0.396 e. The SMILES string of the molecule is CS(=O)(=O)c1ccc(N2CCC(CO)CC2)c(-c2nn[nH]n2)c1S(N)(=O)=O. The van der Waals surface area contributed by atoms with Crippen LogP contribution in [-0.4, -0.2) is 68.5 Å². The van der Waals surface area contributed by atoms with Crippen LogP contribution in [0.2, 0.25) is 0 Å². The number of aromatic nitrogens is 4. The Bertz CT molecular complexity index is 1030. The van der Waals surface area contributed by atoms with E-state index in [0.29, 0.717) is 31.6 Å². The number of rotatable bonds is 5. The van der Waals surface area contributed by atoms with Gasteiger partial charge in [-0.25, -0.2) is 22.0 Å². The summed E-state index contributed by atoms with van der Waals surface area (Å²) in [5.74, 6) is 0.103. The predicted molar refractivity (Wildman–Crippen MR) is 96.1 cm³/mol. The summed E-state index contributed by atoms with van der Waals surface area (Å²) in [6, 6.07) is 2.75. The minimum atomic E-state index is -4.42. The first-order chi connectivity index (χ1) is 12.6. The number of nitrogens with two attached hydrogens (primary N) is 1. The van der Waals surface area contributed by atoms with E-state index in [9.17, 15) is 21.9 Å². The fraction of sp³-hybridized carbons (Fsp3) is 0.500. The lowest BCUT2D eigenvalue weighted by Gasteiger charge is -2.34. The lowest BCUT2D eigenvalue weighted by Crippen LogP contribution is -2.35. The normalized spacial score (nSPS) is 16.6. The van der Waals surface area contributed by atoms with Gasteiger partial charge < -0.3 is 10.0 Å². The summed E-state index contributed by atoms with van der Waals surface area (Å²) >= 11 is 0. The molecule has 0 unspecified atom stereocenters. The molecule has 0 spiro atoms. The first-order valence-corrected chi connectivity index (χ1v) is 11.6. The fourth-order valence-electron chi connectivity index (χ4n) is 3.23. The van der Waals surface area contributed by atoms with Gasteiger partial charge in [0.15, 0.2) is 9.84 Å². The highest BCUT2D eigenvalue weighted by molar-refractivity contribution is 7.93. The molecule has 1 aliphatic heterocycles. The number of aliphatic hydroxyl groups excluding tert-OH is 1. The zero-order valence-corrected chi connectivity index (χ0v) is 16.2. The first kappa shape index (κ1) is 19.7. The highest BCUT2D eigenvalue weighted by Gasteiger charge is 2.32. The average molecular weight is 416 g/mol. The summed E-state index contributed by atoms with van der Waals surface area (Å²) in [5.41, 5.74) is 0.445. The first-order valence-electron chi connectivity index (χ1n) is 8.12. The van der Waals surface area contributed by atoms with E-state index in [4.69, 9.17) is 5.14 Å². The molecule has 1 fully saturated rings. The topological polar surface area (TPSA) is 172 Å². The van der Waals surface area contributed by atoms with E-state index in [1.54, 1.807) is 0 Å². The molecule has 0 saturated carbocycles. The van der Waals surface area contributed by atoms with Crippen molar-refractivity contribution < 1.29 is 21.9 Å². The van der Waals surface area contributed by atoms with E-state index >= 15 is 0 Å². The minimum absolute atomic E-state index is 0.00313. The molecule has 0 amide bonds. The van der Waals surface area contributed by atoms with Crippen molar-refractivity contribution in [3.8, 4) is 11.4 Å². The maximum absolute atomic E-state index is 12.3. The Kier molecular flexibility index (Phi) is 5.20. The van der Waals surface area contributed by atoms with Crippen molar-refractivity contribution in [2.45, 2.75) is 22.6 Å². The van der Waals surface area contributed by atoms with Crippen molar-refractivity contribution >= 4 is 25.5 Å². The van der Waals surface area contributed by atoms with Crippen molar-refractivity contribution in [1.29, 1.82) is 0 Å². The lowest BCUT2D eigenvalue weighted by molar-refractivity contribution is 0.203. The third kappa shape index (κ3) is 3.95. The third-order valence-electron chi connectivity index (χ3n) is 4.57. The number of anilines is 1. The molecule has 1 aliphatic rings. The molecule has 1 aromatic heterocycles. The molecule has 27 heavy (non-hydrogen) atoms. The van der Waals surface area contributed by atoms with E-state index in [1.165, 1.54) is 12.1 Å². The summed E-state index contributed by atoms with van der Waals surface area (Å²) in [6.45, 7) is 1.19. The smallest absolute Gasteiger partial charge is 0.240 e. The molecule has 0 atom stereocenters. The Hall–Kier alpha value is -2.09. The number of H-pyrrole nitrogens is 1. The van der Waals surface area contributed by atoms with Crippen molar-refractivity contribution in [2.75, 3.05) is 30.9 Å². The molecule has 2 aromatic rings. The number of aliphatic hydroxyl groups is 1.